The summed E-state index contributed by atoms with van der Waals surface area (Å²) >= 11 is 0. The van der Waals surface area contributed by atoms with Gasteiger partial charge < -0.3 is 9.64 Å². The van der Waals surface area contributed by atoms with Gasteiger partial charge in [-0.3, -0.25) is 9.52 Å². The van der Waals surface area contributed by atoms with Crippen molar-refractivity contribution >= 4 is 21.6 Å². The zero-order valence-electron chi connectivity index (χ0n) is 17.1. The van der Waals surface area contributed by atoms with Crippen molar-refractivity contribution in [3.63, 3.8) is 0 Å². The van der Waals surface area contributed by atoms with Crippen LogP contribution < -0.4 is 9.46 Å². The number of hydrogen-bond donors (Lipinski definition) is 1. The first-order valence-corrected chi connectivity index (χ1v) is 10.9. The summed E-state index contributed by atoms with van der Waals surface area (Å²) in [6.45, 7) is 2.25. The second-order valence-corrected chi connectivity index (χ2v) is 8.65. The summed E-state index contributed by atoms with van der Waals surface area (Å²) in [6, 6.07) is 20.5. The lowest BCUT2D eigenvalue weighted by Crippen LogP contribution is -2.26. The maximum absolute atomic E-state index is 12.9. The summed E-state index contributed by atoms with van der Waals surface area (Å²) in [6.07, 6.45) is 0. The van der Waals surface area contributed by atoms with Gasteiger partial charge in [-0.25, -0.2) is 8.42 Å². The van der Waals surface area contributed by atoms with Crippen LogP contribution in [0.25, 0.3) is 0 Å². The summed E-state index contributed by atoms with van der Waals surface area (Å²) in [4.78, 5) is 14.6. The third-order valence-electron chi connectivity index (χ3n) is 4.64. The van der Waals surface area contributed by atoms with Crippen LogP contribution in [0.3, 0.4) is 0 Å². The van der Waals surface area contributed by atoms with E-state index in [-0.39, 0.29) is 10.8 Å². The Kier molecular flexibility index (Phi) is 6.42. The minimum absolute atomic E-state index is 0.165. The topological polar surface area (TPSA) is 75.7 Å². The summed E-state index contributed by atoms with van der Waals surface area (Å²) in [7, 11) is -0.462. The van der Waals surface area contributed by atoms with Crippen LogP contribution in [-0.4, -0.2) is 33.4 Å². The molecule has 1 N–H and O–H groups in total. The average Bonchev–Trinajstić information content (AvgIpc) is 2.73. The van der Waals surface area contributed by atoms with Crippen molar-refractivity contribution in [2.75, 3.05) is 18.9 Å². The SMILES string of the molecule is COc1ccccc1CN(C)C(=O)c1cccc(NS(=O)(=O)c2ccc(C)cc2)c1. The lowest BCUT2D eigenvalue weighted by molar-refractivity contribution is 0.0784. The molecule has 0 bridgehead atoms. The van der Waals surface area contributed by atoms with E-state index in [2.05, 4.69) is 4.72 Å². The van der Waals surface area contributed by atoms with Crippen LogP contribution in [0.2, 0.25) is 0 Å². The molecule has 0 aliphatic heterocycles. The number of nitrogens with one attached hydrogen (secondary N) is 1. The monoisotopic (exact) mass is 424 g/mol. The molecule has 156 valence electrons. The number of anilines is 1. The maximum atomic E-state index is 12.9. The van der Waals surface area contributed by atoms with Crippen molar-refractivity contribution in [3.05, 3.63) is 89.5 Å². The second kappa shape index (κ2) is 9.00. The quantitative estimate of drug-likeness (QED) is 0.620. The number of nitrogens with zero attached hydrogens (tertiary/aromatic N) is 1. The highest BCUT2D eigenvalue weighted by Crippen LogP contribution is 2.21. The van der Waals surface area contributed by atoms with Crippen molar-refractivity contribution in [1.29, 1.82) is 0 Å². The fourth-order valence-electron chi connectivity index (χ4n) is 3.03. The van der Waals surface area contributed by atoms with E-state index < -0.39 is 10.0 Å². The molecule has 0 atom stereocenters. The van der Waals surface area contributed by atoms with E-state index in [9.17, 15) is 13.2 Å². The molecule has 0 aliphatic carbocycles. The van der Waals surface area contributed by atoms with Crippen LogP contribution >= 0.6 is 0 Å². The molecule has 30 heavy (non-hydrogen) atoms. The Hall–Kier alpha value is -3.32. The number of aryl methyl sites for hydroxylation is 1. The van der Waals surface area contributed by atoms with E-state index in [1.165, 1.54) is 6.07 Å². The minimum Gasteiger partial charge on any atom is -0.496 e. The van der Waals surface area contributed by atoms with Crippen molar-refractivity contribution < 1.29 is 17.9 Å². The predicted octanol–water partition coefficient (Wildman–Crippen LogP) is 4.08. The summed E-state index contributed by atoms with van der Waals surface area (Å²) in [5.41, 5.74) is 2.57. The van der Waals surface area contributed by atoms with Gasteiger partial charge in [-0.05, 0) is 43.3 Å². The molecule has 0 fully saturated rings. The highest BCUT2D eigenvalue weighted by atomic mass is 32.2. The van der Waals surface area contributed by atoms with Crippen LogP contribution in [0, 0.1) is 6.92 Å². The van der Waals surface area contributed by atoms with Gasteiger partial charge in [0.1, 0.15) is 5.75 Å². The fraction of sp³-hybridized carbons (Fsp3) is 0.174. The average molecular weight is 425 g/mol. The molecular weight excluding hydrogens is 400 g/mol. The van der Waals surface area contributed by atoms with Crippen LogP contribution in [-0.2, 0) is 16.6 Å². The summed E-state index contributed by atoms with van der Waals surface area (Å²) in [5.74, 6) is 0.481. The van der Waals surface area contributed by atoms with Gasteiger partial charge in [-0.1, -0.05) is 42.0 Å². The van der Waals surface area contributed by atoms with E-state index in [1.807, 2.05) is 31.2 Å². The molecule has 0 aromatic heterocycles. The van der Waals surface area contributed by atoms with Crippen molar-refractivity contribution in [1.82, 2.24) is 4.90 Å². The zero-order valence-corrected chi connectivity index (χ0v) is 17.9. The lowest BCUT2D eigenvalue weighted by Gasteiger charge is -2.19. The third kappa shape index (κ3) is 4.99. The first-order valence-electron chi connectivity index (χ1n) is 9.37. The molecule has 0 unspecified atom stereocenters. The molecule has 0 spiro atoms. The molecule has 0 aliphatic rings. The zero-order chi connectivity index (χ0) is 21.7. The minimum atomic E-state index is -3.74. The molecule has 0 radical (unpaired) electrons. The highest BCUT2D eigenvalue weighted by molar-refractivity contribution is 7.92. The lowest BCUT2D eigenvalue weighted by atomic mass is 10.1. The molecular formula is C23H24N2O4S. The molecule has 3 rings (SSSR count). The second-order valence-electron chi connectivity index (χ2n) is 6.97. The van der Waals surface area contributed by atoms with Crippen molar-refractivity contribution in [2.24, 2.45) is 0 Å². The molecule has 3 aromatic rings. The number of rotatable bonds is 7. The Balaban J connectivity index is 1.77. The van der Waals surface area contributed by atoms with Crippen molar-refractivity contribution in [2.45, 2.75) is 18.4 Å². The summed E-state index contributed by atoms with van der Waals surface area (Å²) in [5, 5.41) is 0. The van der Waals surface area contributed by atoms with Crippen LogP contribution in [0.5, 0.6) is 5.75 Å². The molecule has 0 saturated carbocycles. The number of ether oxygens (including phenoxy) is 1. The first kappa shape index (κ1) is 21.4. The van der Waals surface area contributed by atoms with Gasteiger partial charge >= 0.3 is 0 Å². The number of hydrogen-bond acceptors (Lipinski definition) is 4. The Morgan fingerprint density at radius 1 is 1.00 bits per heavy atom. The molecule has 3 aromatic carbocycles. The van der Waals surface area contributed by atoms with E-state index in [0.29, 0.717) is 23.5 Å². The number of amides is 1. The van der Waals surface area contributed by atoms with E-state index in [1.54, 1.807) is 61.5 Å². The van der Waals surface area contributed by atoms with Gasteiger partial charge in [-0.2, -0.15) is 0 Å². The van der Waals surface area contributed by atoms with E-state index in [4.69, 9.17) is 4.74 Å². The number of carbonyl (C=O) groups is 1. The third-order valence-corrected chi connectivity index (χ3v) is 6.04. The number of sulfonamides is 1. The number of carbonyl (C=O) groups excluding carboxylic acids is 1. The standard InChI is InChI=1S/C23H24N2O4S/c1-17-11-13-21(14-12-17)30(27,28)24-20-9-6-8-18(15-20)23(26)25(2)16-19-7-4-5-10-22(19)29-3/h4-15,24H,16H2,1-3H3. The van der Waals surface area contributed by atoms with Gasteiger partial charge in [0.2, 0.25) is 0 Å². The van der Waals surface area contributed by atoms with E-state index >= 15 is 0 Å². The maximum Gasteiger partial charge on any atom is 0.261 e. The van der Waals surface area contributed by atoms with Crippen LogP contribution in [0.15, 0.2) is 77.7 Å². The van der Waals surface area contributed by atoms with Crippen LogP contribution in [0.1, 0.15) is 21.5 Å². The molecule has 0 heterocycles. The molecule has 1 amide bonds. The Labute approximate surface area is 177 Å². The molecule has 0 saturated heterocycles. The fourth-order valence-corrected chi connectivity index (χ4v) is 4.08. The number of methoxy groups -OCH3 is 1. The van der Waals surface area contributed by atoms with Gasteiger partial charge in [0, 0.05) is 30.4 Å². The number of benzene rings is 3. The Morgan fingerprint density at radius 2 is 1.70 bits per heavy atom. The molecule has 6 nitrogen and oxygen atoms in total. The number of para-hydroxylation sites is 1. The summed E-state index contributed by atoms with van der Waals surface area (Å²) < 4.78 is 33.1. The van der Waals surface area contributed by atoms with Gasteiger partial charge in [0.05, 0.1) is 12.0 Å². The normalized spacial score (nSPS) is 11.0. The van der Waals surface area contributed by atoms with Crippen LogP contribution in [0.4, 0.5) is 5.69 Å². The predicted molar refractivity (Wildman–Crippen MR) is 117 cm³/mol. The van der Waals surface area contributed by atoms with Gasteiger partial charge in [0.15, 0.2) is 0 Å². The van der Waals surface area contributed by atoms with Gasteiger partial charge in [0.25, 0.3) is 15.9 Å². The highest BCUT2D eigenvalue weighted by Gasteiger charge is 2.17. The Bertz CT molecular complexity index is 1140. The smallest absolute Gasteiger partial charge is 0.261 e. The molecule has 7 heteroatoms. The van der Waals surface area contributed by atoms with Gasteiger partial charge in [-0.15, -0.1) is 0 Å². The Morgan fingerprint density at radius 3 is 2.40 bits per heavy atom. The van der Waals surface area contributed by atoms with Crippen molar-refractivity contribution in [3.8, 4) is 5.75 Å². The van der Waals surface area contributed by atoms with E-state index in [0.717, 1.165) is 11.1 Å². The largest absolute Gasteiger partial charge is 0.496 e. The first-order chi connectivity index (χ1) is 14.3.